The Morgan fingerprint density at radius 1 is 1.24 bits per heavy atom. The van der Waals surface area contributed by atoms with E-state index in [0.717, 1.165) is 25.7 Å². The number of nitrogens with zero attached hydrogens (tertiary/aromatic N) is 1. The molecule has 100 valence electrons. The average Bonchev–Trinajstić information content (AvgIpc) is 2.27. The lowest BCUT2D eigenvalue weighted by molar-refractivity contribution is -0.139. The molecule has 0 amide bonds. The van der Waals surface area contributed by atoms with Crippen molar-refractivity contribution in [2.24, 2.45) is 5.92 Å². The minimum absolute atomic E-state index is 0.0806. The minimum atomic E-state index is -4.14. The second-order valence-corrected chi connectivity index (χ2v) is 4.90. The Kier molecular flexibility index (Phi) is 5.43. The summed E-state index contributed by atoms with van der Waals surface area (Å²) < 4.78 is 36.0. The molecule has 0 spiro atoms. The highest BCUT2D eigenvalue weighted by Gasteiger charge is 2.28. The molecule has 1 aliphatic carbocycles. The Morgan fingerprint density at radius 3 is 2.35 bits per heavy atom. The zero-order valence-electron chi connectivity index (χ0n) is 10.2. The van der Waals surface area contributed by atoms with Gasteiger partial charge in [0.2, 0.25) is 0 Å². The molecule has 2 nitrogen and oxygen atoms in total. The molecule has 1 rings (SSSR count). The molecule has 0 aromatic rings. The maximum Gasteiger partial charge on any atom is 0.390 e. The van der Waals surface area contributed by atoms with E-state index >= 15 is 0 Å². The normalized spacial score (nSPS) is 18.6. The van der Waals surface area contributed by atoms with Gasteiger partial charge in [0.05, 0.1) is 13.0 Å². The molecule has 0 aromatic carbocycles. The van der Waals surface area contributed by atoms with Crippen molar-refractivity contribution in [3.8, 4) is 0 Å². The van der Waals surface area contributed by atoms with Crippen LogP contribution in [0.1, 0.15) is 38.5 Å². The van der Waals surface area contributed by atoms with E-state index in [9.17, 15) is 18.0 Å². The first kappa shape index (κ1) is 14.5. The van der Waals surface area contributed by atoms with Crippen molar-refractivity contribution in [2.45, 2.75) is 44.7 Å². The molecule has 0 atom stereocenters. The number of Topliss-reactive ketones (excluding diaryl/α,β-unsaturated/α-hetero) is 1. The summed E-state index contributed by atoms with van der Waals surface area (Å²) in [5, 5.41) is 0. The van der Waals surface area contributed by atoms with E-state index in [2.05, 4.69) is 0 Å². The average molecular weight is 251 g/mol. The molecule has 0 aromatic heterocycles. The van der Waals surface area contributed by atoms with E-state index < -0.39 is 12.6 Å². The van der Waals surface area contributed by atoms with Crippen LogP contribution in [0.4, 0.5) is 13.2 Å². The number of hydrogen-bond donors (Lipinski definition) is 0. The number of rotatable bonds is 5. The molecular formula is C12H20F3NO. The Morgan fingerprint density at radius 2 is 1.82 bits per heavy atom. The highest BCUT2D eigenvalue weighted by atomic mass is 19.4. The molecule has 0 aliphatic heterocycles. The first-order valence-corrected chi connectivity index (χ1v) is 6.16. The van der Waals surface area contributed by atoms with E-state index in [1.807, 2.05) is 0 Å². The molecule has 1 aliphatic rings. The molecule has 0 heterocycles. The van der Waals surface area contributed by atoms with Gasteiger partial charge in [-0.05, 0) is 19.9 Å². The molecule has 0 saturated heterocycles. The largest absolute Gasteiger partial charge is 0.390 e. The molecule has 0 bridgehead atoms. The predicted octanol–water partition coefficient (Wildman–Crippen LogP) is 3.02. The van der Waals surface area contributed by atoms with Crippen molar-refractivity contribution in [1.82, 2.24) is 4.90 Å². The summed E-state index contributed by atoms with van der Waals surface area (Å²) in [4.78, 5) is 13.3. The Hall–Kier alpha value is -0.580. The summed E-state index contributed by atoms with van der Waals surface area (Å²) in [5.74, 6) is 0.187. The summed E-state index contributed by atoms with van der Waals surface area (Å²) in [7, 11) is 1.58. The topological polar surface area (TPSA) is 20.3 Å². The fraction of sp³-hybridized carbons (Fsp3) is 0.917. The number of hydrogen-bond acceptors (Lipinski definition) is 2. The van der Waals surface area contributed by atoms with Crippen molar-refractivity contribution >= 4 is 5.78 Å². The summed E-state index contributed by atoms with van der Waals surface area (Å²) in [5.41, 5.74) is 0. The second-order valence-electron chi connectivity index (χ2n) is 4.90. The van der Waals surface area contributed by atoms with Gasteiger partial charge in [0, 0.05) is 12.5 Å². The lowest BCUT2D eigenvalue weighted by Gasteiger charge is -2.23. The van der Waals surface area contributed by atoms with E-state index in [0.29, 0.717) is 0 Å². The van der Waals surface area contributed by atoms with Gasteiger partial charge in [-0.25, -0.2) is 0 Å². The number of likely N-dealkylation sites (N-methyl/N-ethyl adjacent to an activating group) is 1. The lowest BCUT2D eigenvalue weighted by Crippen LogP contribution is -2.33. The minimum Gasteiger partial charge on any atom is -0.299 e. The number of carbonyl (C=O) groups is 1. The smallest absolute Gasteiger partial charge is 0.299 e. The predicted molar refractivity (Wildman–Crippen MR) is 59.8 cm³/mol. The maximum atomic E-state index is 12.0. The van der Waals surface area contributed by atoms with Crippen LogP contribution in [0.2, 0.25) is 0 Å². The van der Waals surface area contributed by atoms with Crippen LogP contribution in [-0.2, 0) is 4.79 Å². The second kappa shape index (κ2) is 6.38. The quantitative estimate of drug-likeness (QED) is 0.748. The number of alkyl halides is 3. The summed E-state index contributed by atoms with van der Waals surface area (Å²) in [6.07, 6.45) is 0.153. The molecule has 1 saturated carbocycles. The summed E-state index contributed by atoms with van der Waals surface area (Å²) >= 11 is 0. The van der Waals surface area contributed by atoms with Gasteiger partial charge in [-0.2, -0.15) is 13.2 Å². The standard InChI is InChI=1S/C12H20F3NO/c1-16(8-7-12(13,14)15)9-11(17)10-5-3-2-4-6-10/h10H,2-9H2,1H3. The fourth-order valence-corrected chi connectivity index (χ4v) is 2.22. The van der Waals surface area contributed by atoms with Crippen LogP contribution in [0.25, 0.3) is 0 Å². The lowest BCUT2D eigenvalue weighted by atomic mass is 9.86. The number of halogens is 3. The molecule has 0 unspecified atom stereocenters. The summed E-state index contributed by atoms with van der Waals surface area (Å²) in [6, 6.07) is 0. The Labute approximate surface area is 100 Å². The monoisotopic (exact) mass is 251 g/mol. The zero-order chi connectivity index (χ0) is 12.9. The summed E-state index contributed by atoms with van der Waals surface area (Å²) in [6.45, 7) is 0.0582. The highest BCUT2D eigenvalue weighted by molar-refractivity contribution is 5.82. The van der Waals surface area contributed by atoms with Gasteiger partial charge in [0.15, 0.2) is 0 Å². The number of ketones is 1. The number of carbonyl (C=O) groups excluding carboxylic acids is 1. The van der Waals surface area contributed by atoms with Crippen molar-refractivity contribution in [3.05, 3.63) is 0 Å². The van der Waals surface area contributed by atoms with Crippen LogP contribution in [0.3, 0.4) is 0 Å². The van der Waals surface area contributed by atoms with Gasteiger partial charge >= 0.3 is 6.18 Å². The molecular weight excluding hydrogens is 231 g/mol. The van der Waals surface area contributed by atoms with Crippen LogP contribution in [0.15, 0.2) is 0 Å². The molecule has 1 fully saturated rings. The van der Waals surface area contributed by atoms with Gasteiger partial charge in [-0.15, -0.1) is 0 Å². The van der Waals surface area contributed by atoms with Crippen LogP contribution >= 0.6 is 0 Å². The third kappa shape index (κ3) is 6.05. The highest BCUT2D eigenvalue weighted by Crippen LogP contribution is 2.25. The third-order valence-electron chi connectivity index (χ3n) is 3.26. The van der Waals surface area contributed by atoms with E-state index in [4.69, 9.17) is 0 Å². The van der Waals surface area contributed by atoms with Gasteiger partial charge in [0.25, 0.3) is 0 Å². The molecule has 5 heteroatoms. The molecule has 0 N–H and O–H groups in total. The first-order valence-electron chi connectivity index (χ1n) is 6.16. The van der Waals surface area contributed by atoms with Gasteiger partial charge in [-0.1, -0.05) is 19.3 Å². The Balaban J connectivity index is 2.25. The fourth-order valence-electron chi connectivity index (χ4n) is 2.22. The van der Waals surface area contributed by atoms with Crippen molar-refractivity contribution in [1.29, 1.82) is 0 Å². The van der Waals surface area contributed by atoms with Crippen molar-refractivity contribution in [2.75, 3.05) is 20.1 Å². The van der Waals surface area contributed by atoms with Gasteiger partial charge in [0.1, 0.15) is 5.78 Å². The van der Waals surface area contributed by atoms with E-state index in [-0.39, 0.29) is 24.8 Å². The zero-order valence-corrected chi connectivity index (χ0v) is 10.2. The van der Waals surface area contributed by atoms with Crippen LogP contribution in [0.5, 0.6) is 0 Å². The molecule has 0 radical (unpaired) electrons. The van der Waals surface area contributed by atoms with Crippen LogP contribution in [-0.4, -0.2) is 37.0 Å². The third-order valence-corrected chi connectivity index (χ3v) is 3.26. The van der Waals surface area contributed by atoms with Crippen LogP contribution in [0, 0.1) is 5.92 Å². The Bertz CT molecular complexity index is 247. The van der Waals surface area contributed by atoms with Gasteiger partial charge in [-0.3, -0.25) is 9.69 Å². The first-order chi connectivity index (χ1) is 7.88. The van der Waals surface area contributed by atoms with Crippen molar-refractivity contribution < 1.29 is 18.0 Å². The van der Waals surface area contributed by atoms with Crippen molar-refractivity contribution in [3.63, 3.8) is 0 Å². The maximum absolute atomic E-state index is 12.0. The van der Waals surface area contributed by atoms with E-state index in [1.54, 1.807) is 7.05 Å². The molecule has 17 heavy (non-hydrogen) atoms. The van der Waals surface area contributed by atoms with Gasteiger partial charge < -0.3 is 0 Å². The van der Waals surface area contributed by atoms with E-state index in [1.165, 1.54) is 11.3 Å². The van der Waals surface area contributed by atoms with Crippen LogP contribution < -0.4 is 0 Å². The SMILES string of the molecule is CN(CCC(F)(F)F)CC(=O)C1CCCCC1.